The number of ether oxygens (including phenoxy) is 2. The molecule has 5 heterocycles. The quantitative estimate of drug-likeness (QED) is 0.0742. The van der Waals surface area contributed by atoms with Crippen molar-refractivity contribution < 1.29 is 30.5 Å². The molecule has 572 valence electrons. The van der Waals surface area contributed by atoms with Gasteiger partial charge in [-0.25, -0.2) is 14.0 Å². The Hall–Kier alpha value is -14.9. The zero-order valence-corrected chi connectivity index (χ0v) is 68.0. The summed E-state index contributed by atoms with van der Waals surface area (Å²) in [7, 11) is 0. The average Bonchev–Trinajstić information content (AvgIpc) is 1.87. The van der Waals surface area contributed by atoms with E-state index >= 15 is 0 Å². The summed E-state index contributed by atoms with van der Waals surface area (Å²) in [4.78, 5) is 0. The monoisotopic (exact) mass is 1780 g/mol. The third-order valence-electron chi connectivity index (χ3n) is 20.2. The first-order chi connectivity index (χ1) is 58.3. The molecule has 0 unspecified atom stereocenters. The maximum Gasteiger partial charge on any atom is 2.00 e. The molecule has 20 rings (SSSR count). The van der Waals surface area contributed by atoms with E-state index in [0.717, 1.165) is 100 Å². The Morgan fingerprint density at radius 3 is 0.706 bits per heavy atom. The molecule has 12 nitrogen and oxygen atoms in total. The molecule has 0 saturated heterocycles. The van der Waals surface area contributed by atoms with Crippen molar-refractivity contribution >= 4 is 15.9 Å². The second kappa shape index (κ2) is 36.3. The second-order valence-corrected chi connectivity index (χ2v) is 29.0. The Morgan fingerprint density at radius 2 is 0.429 bits per heavy atom. The molecule has 0 aliphatic carbocycles. The molecule has 5 aromatic heterocycles. The third-order valence-corrected chi connectivity index (χ3v) is 20.7. The Balaban J connectivity index is 0.000000134. The van der Waals surface area contributed by atoms with Crippen molar-refractivity contribution in [1.82, 2.24) is 48.9 Å². The van der Waals surface area contributed by atoms with Gasteiger partial charge in [-0.15, -0.1) is 36.4 Å². The number of benzene rings is 15. The van der Waals surface area contributed by atoms with Crippen LogP contribution in [0.4, 0.5) is 0 Å². The van der Waals surface area contributed by atoms with E-state index in [4.69, 9.17) is 9.47 Å². The standard InChI is InChI=1S/C42H30N4O.C42H28N4O.C21H15BrN2.Pt/c2*1-3-9-31(10-4-1)33-17-21-35(22-18-33)37-27-43-45(29-37)39-13-7-15-41(25-39)47-42-16-8-14-40(26-42)46-30-38(28-44-46)36-23-19-34(20-24-36)32-11-5-2-6-12-32;22-20-7-4-8-21(13-20)24-15-19(14-23-24)18-11-9-17(10-12-18)16-5-2-1-3-6-16;/h1-30H;1-24,27-30H;1-15H;/q;-2;;+2. The summed E-state index contributed by atoms with van der Waals surface area (Å²) in [6.45, 7) is 0. The predicted octanol–water partition coefficient (Wildman–Crippen LogP) is 26.6. The number of hydrogen-bond donors (Lipinski definition) is 0. The van der Waals surface area contributed by atoms with Crippen molar-refractivity contribution in [3.05, 3.63) is 461 Å². The minimum atomic E-state index is 0. The van der Waals surface area contributed by atoms with Crippen LogP contribution in [0, 0.1) is 12.1 Å². The van der Waals surface area contributed by atoms with Crippen LogP contribution in [0.1, 0.15) is 0 Å². The van der Waals surface area contributed by atoms with Crippen LogP contribution < -0.4 is 9.47 Å². The first-order valence-electron chi connectivity index (χ1n) is 38.7. The van der Waals surface area contributed by atoms with Gasteiger partial charge in [-0.05, 0) is 137 Å². The Morgan fingerprint density at radius 1 is 0.202 bits per heavy atom. The number of hydrogen-bond acceptors (Lipinski definition) is 7. The van der Waals surface area contributed by atoms with Crippen LogP contribution in [0.3, 0.4) is 0 Å². The number of rotatable bonds is 19. The molecule has 0 amide bonds. The maximum atomic E-state index is 6.31. The fraction of sp³-hybridized carbons (Fsp3) is 0. The molecule has 15 aromatic carbocycles. The van der Waals surface area contributed by atoms with Crippen molar-refractivity contribution in [2.75, 3.05) is 0 Å². The second-order valence-electron chi connectivity index (χ2n) is 28.1. The fourth-order valence-electron chi connectivity index (χ4n) is 14.0. The molecule has 0 spiro atoms. The first kappa shape index (κ1) is 76.7. The van der Waals surface area contributed by atoms with Gasteiger partial charge in [0, 0.05) is 86.9 Å². The first-order valence-corrected chi connectivity index (χ1v) is 39.5. The van der Waals surface area contributed by atoms with Crippen LogP contribution in [0.5, 0.6) is 23.0 Å². The van der Waals surface area contributed by atoms with E-state index in [2.05, 4.69) is 308 Å². The van der Waals surface area contributed by atoms with E-state index in [0.29, 0.717) is 11.5 Å². The summed E-state index contributed by atoms with van der Waals surface area (Å²) < 4.78 is 22.8. The van der Waals surface area contributed by atoms with E-state index in [1.54, 1.807) is 0 Å². The molecule has 119 heavy (non-hydrogen) atoms. The van der Waals surface area contributed by atoms with Gasteiger partial charge < -0.3 is 9.47 Å². The SMILES string of the molecule is Brc1cccc(-n2cc(-c3ccc(-c4ccccc4)cc3)cn2)c1.[Pt+2].[c-]1c(Oc2[c-]c(-n3cc(-c4ccc(-c5ccccc5)cc4)cn3)ccc2)cccc1-n1cc(-c2ccc(-c3ccccc3)cc2)cn1.c1ccc(-c2ccc(-c3cnn(-c4cccc(Oc5cccc(-n6cc(-c7ccc(-c8ccccc8)cc7)cn6)c5)c4)c3)cc2)cc1. The zero-order chi connectivity index (χ0) is 79.2. The number of aromatic nitrogens is 10. The van der Waals surface area contributed by atoms with Crippen molar-refractivity contribution in [2.45, 2.75) is 0 Å². The van der Waals surface area contributed by atoms with Gasteiger partial charge in [-0.3, -0.25) is 9.36 Å². The van der Waals surface area contributed by atoms with Gasteiger partial charge in [0.2, 0.25) is 0 Å². The minimum absolute atomic E-state index is 0. The van der Waals surface area contributed by atoms with Crippen LogP contribution >= 0.6 is 15.9 Å². The smallest absolute Gasteiger partial charge is 0.509 e. The molecule has 0 N–H and O–H groups in total. The summed E-state index contributed by atoms with van der Waals surface area (Å²) in [5.41, 5.74) is 27.3. The molecule has 0 aliphatic rings. The minimum Gasteiger partial charge on any atom is -0.509 e. The van der Waals surface area contributed by atoms with E-state index in [-0.39, 0.29) is 21.1 Å². The molecular formula is C105H73BrN10O2Pt. The van der Waals surface area contributed by atoms with E-state index < -0.39 is 0 Å². The molecule has 14 heteroatoms. The van der Waals surface area contributed by atoms with Crippen molar-refractivity contribution in [1.29, 1.82) is 0 Å². The van der Waals surface area contributed by atoms with Gasteiger partial charge in [0.05, 0.1) is 48.0 Å². The summed E-state index contributed by atoms with van der Waals surface area (Å²) in [5, 5.41) is 23.0. The molecule has 0 aliphatic heterocycles. The average molecular weight is 1780 g/mol. The van der Waals surface area contributed by atoms with Crippen LogP contribution in [0.25, 0.3) is 140 Å². The zero-order valence-electron chi connectivity index (χ0n) is 64.1. The fourth-order valence-corrected chi connectivity index (χ4v) is 14.4. The van der Waals surface area contributed by atoms with Gasteiger partial charge in [0.25, 0.3) is 0 Å². The summed E-state index contributed by atoms with van der Waals surface area (Å²) in [6.07, 6.45) is 19.6. The molecule has 20 aromatic rings. The topological polar surface area (TPSA) is 108 Å². The van der Waals surface area contributed by atoms with Crippen LogP contribution in [-0.4, -0.2) is 48.9 Å². The van der Waals surface area contributed by atoms with E-state index in [1.807, 2.05) is 213 Å². The number of halogens is 1. The largest absolute Gasteiger partial charge is 2.00 e. The molecule has 0 atom stereocenters. The summed E-state index contributed by atoms with van der Waals surface area (Å²) in [6, 6.07) is 137. The van der Waals surface area contributed by atoms with E-state index in [1.165, 1.54) is 55.6 Å². The Bertz CT molecular complexity index is 6060. The van der Waals surface area contributed by atoms with Crippen LogP contribution in [0.2, 0.25) is 0 Å². The summed E-state index contributed by atoms with van der Waals surface area (Å²) >= 11 is 3.50. The summed E-state index contributed by atoms with van der Waals surface area (Å²) in [5.74, 6) is 2.59. The molecule has 0 fully saturated rings. The molecule has 0 saturated carbocycles. The van der Waals surface area contributed by atoms with Crippen molar-refractivity contribution in [3.8, 4) is 163 Å². The Kier molecular flexibility index (Phi) is 23.4. The Labute approximate surface area is 713 Å². The van der Waals surface area contributed by atoms with Gasteiger partial charge in [-0.1, -0.05) is 307 Å². The number of nitrogens with zero attached hydrogens (tertiary/aromatic N) is 10. The van der Waals surface area contributed by atoms with Crippen molar-refractivity contribution in [2.24, 2.45) is 0 Å². The molecular weight excluding hydrogens is 1710 g/mol. The molecule has 0 bridgehead atoms. The van der Waals surface area contributed by atoms with Crippen LogP contribution in [0.15, 0.2) is 449 Å². The molecule has 0 radical (unpaired) electrons. The van der Waals surface area contributed by atoms with Crippen LogP contribution in [-0.2, 0) is 21.1 Å². The van der Waals surface area contributed by atoms with Gasteiger partial charge in [-0.2, -0.15) is 37.6 Å². The third kappa shape index (κ3) is 18.6. The van der Waals surface area contributed by atoms with Gasteiger partial charge in [0.15, 0.2) is 0 Å². The van der Waals surface area contributed by atoms with Gasteiger partial charge >= 0.3 is 21.1 Å². The van der Waals surface area contributed by atoms with Crippen molar-refractivity contribution in [3.63, 3.8) is 0 Å². The maximum absolute atomic E-state index is 6.31. The van der Waals surface area contributed by atoms with E-state index in [9.17, 15) is 0 Å². The van der Waals surface area contributed by atoms with Gasteiger partial charge in [0.1, 0.15) is 11.5 Å². The normalized spacial score (nSPS) is 10.8. The predicted molar refractivity (Wildman–Crippen MR) is 478 cm³/mol.